The van der Waals surface area contributed by atoms with Crippen LogP contribution in [-0.4, -0.2) is 48.0 Å². The third-order valence-electron chi connectivity index (χ3n) is 4.53. The Morgan fingerprint density at radius 1 is 0.885 bits per heavy atom. The number of carbonyl (C=O) groups excluding carboxylic acids is 2. The Labute approximate surface area is 154 Å². The first-order valence-corrected chi connectivity index (χ1v) is 8.97. The molecular weight excluding hydrogens is 328 g/mol. The van der Waals surface area contributed by atoms with Gasteiger partial charge in [-0.3, -0.25) is 4.79 Å². The molecule has 1 heterocycles. The molecule has 5 heteroatoms. The number of nitrogens with zero attached hydrogens (tertiary/aromatic N) is 2. The molecule has 0 N–H and O–H groups in total. The van der Waals surface area contributed by atoms with Crippen molar-refractivity contribution in [1.82, 2.24) is 9.80 Å². The first kappa shape index (κ1) is 18.0. The van der Waals surface area contributed by atoms with Crippen molar-refractivity contribution in [3.05, 3.63) is 65.7 Å². The van der Waals surface area contributed by atoms with Crippen molar-refractivity contribution in [3.63, 3.8) is 0 Å². The van der Waals surface area contributed by atoms with E-state index in [4.69, 9.17) is 4.74 Å². The quantitative estimate of drug-likeness (QED) is 0.852. The molecule has 2 aromatic carbocycles. The minimum atomic E-state index is -0.357. The monoisotopic (exact) mass is 352 g/mol. The molecule has 0 unspecified atom stereocenters. The Kier molecular flexibility index (Phi) is 5.89. The summed E-state index contributed by atoms with van der Waals surface area (Å²) in [5.41, 5.74) is 2.20. The average molecular weight is 352 g/mol. The average Bonchev–Trinajstić information content (AvgIpc) is 2.91. The Morgan fingerprint density at radius 2 is 1.54 bits per heavy atom. The molecule has 1 aliphatic rings. The maximum atomic E-state index is 12.6. The van der Waals surface area contributed by atoms with E-state index in [9.17, 15) is 9.59 Å². The van der Waals surface area contributed by atoms with Crippen LogP contribution in [0, 0.1) is 6.92 Å². The number of benzene rings is 2. The van der Waals surface area contributed by atoms with Crippen molar-refractivity contribution in [2.75, 3.05) is 26.2 Å². The molecule has 1 aliphatic heterocycles. The number of hydrogen-bond donors (Lipinski definition) is 0. The Bertz CT molecular complexity index is 744. The van der Waals surface area contributed by atoms with E-state index in [1.807, 2.05) is 54.3 Å². The van der Waals surface area contributed by atoms with E-state index in [0.29, 0.717) is 38.3 Å². The molecule has 1 saturated heterocycles. The number of amides is 2. The summed E-state index contributed by atoms with van der Waals surface area (Å²) < 4.78 is 5.40. The van der Waals surface area contributed by atoms with Crippen molar-refractivity contribution in [2.24, 2.45) is 0 Å². The SMILES string of the molecule is Cc1ccc(CC(=O)N2CCCN(C(=O)Oc3ccccc3)CC2)cc1. The van der Waals surface area contributed by atoms with Crippen LogP contribution >= 0.6 is 0 Å². The van der Waals surface area contributed by atoms with Gasteiger partial charge in [0.25, 0.3) is 0 Å². The van der Waals surface area contributed by atoms with Gasteiger partial charge in [0.15, 0.2) is 0 Å². The van der Waals surface area contributed by atoms with Crippen molar-refractivity contribution in [3.8, 4) is 5.75 Å². The molecule has 0 spiro atoms. The van der Waals surface area contributed by atoms with Gasteiger partial charge >= 0.3 is 6.09 Å². The van der Waals surface area contributed by atoms with Crippen molar-refractivity contribution < 1.29 is 14.3 Å². The van der Waals surface area contributed by atoms with Crippen LogP contribution < -0.4 is 4.74 Å². The molecule has 0 radical (unpaired) electrons. The summed E-state index contributed by atoms with van der Waals surface area (Å²) in [6, 6.07) is 17.1. The van der Waals surface area contributed by atoms with Crippen LogP contribution in [0.15, 0.2) is 54.6 Å². The van der Waals surface area contributed by atoms with Gasteiger partial charge in [-0.05, 0) is 31.0 Å². The zero-order valence-corrected chi connectivity index (χ0v) is 15.1. The predicted molar refractivity (Wildman–Crippen MR) is 100 cm³/mol. The van der Waals surface area contributed by atoms with Crippen LogP contribution in [0.1, 0.15) is 17.5 Å². The summed E-state index contributed by atoms with van der Waals surface area (Å²) in [7, 11) is 0. The predicted octanol–water partition coefficient (Wildman–Crippen LogP) is 3.27. The zero-order chi connectivity index (χ0) is 18.4. The molecule has 26 heavy (non-hydrogen) atoms. The Hall–Kier alpha value is -2.82. The number of hydrogen-bond acceptors (Lipinski definition) is 3. The van der Waals surface area contributed by atoms with Gasteiger partial charge in [0.05, 0.1) is 6.42 Å². The summed E-state index contributed by atoms with van der Waals surface area (Å²) in [5.74, 6) is 0.640. The zero-order valence-electron chi connectivity index (χ0n) is 15.1. The maximum Gasteiger partial charge on any atom is 0.415 e. The van der Waals surface area contributed by atoms with E-state index in [-0.39, 0.29) is 12.0 Å². The minimum Gasteiger partial charge on any atom is -0.410 e. The van der Waals surface area contributed by atoms with E-state index < -0.39 is 0 Å². The fourth-order valence-electron chi connectivity index (χ4n) is 3.00. The third-order valence-corrected chi connectivity index (χ3v) is 4.53. The molecular formula is C21H24N2O3. The van der Waals surface area contributed by atoms with Crippen molar-refractivity contribution in [2.45, 2.75) is 19.8 Å². The van der Waals surface area contributed by atoms with Crippen molar-refractivity contribution >= 4 is 12.0 Å². The van der Waals surface area contributed by atoms with Gasteiger partial charge in [0, 0.05) is 26.2 Å². The molecule has 0 saturated carbocycles. The summed E-state index contributed by atoms with van der Waals surface area (Å²) in [5, 5.41) is 0. The molecule has 3 rings (SSSR count). The molecule has 0 aromatic heterocycles. The Balaban J connectivity index is 1.53. The normalized spacial score (nSPS) is 14.7. The van der Waals surface area contributed by atoms with E-state index in [1.54, 1.807) is 17.0 Å². The topological polar surface area (TPSA) is 49.9 Å². The molecule has 5 nitrogen and oxygen atoms in total. The van der Waals surface area contributed by atoms with Gasteiger partial charge in [-0.1, -0.05) is 48.0 Å². The second kappa shape index (κ2) is 8.52. The summed E-state index contributed by atoms with van der Waals surface area (Å²) >= 11 is 0. The van der Waals surface area contributed by atoms with Crippen LogP contribution in [0.2, 0.25) is 0 Å². The lowest BCUT2D eigenvalue weighted by atomic mass is 10.1. The summed E-state index contributed by atoms with van der Waals surface area (Å²) in [6.45, 7) is 4.32. The maximum absolute atomic E-state index is 12.6. The van der Waals surface area contributed by atoms with E-state index in [0.717, 1.165) is 12.0 Å². The van der Waals surface area contributed by atoms with Gasteiger partial charge in [0.1, 0.15) is 5.75 Å². The highest BCUT2D eigenvalue weighted by atomic mass is 16.6. The van der Waals surface area contributed by atoms with Gasteiger partial charge < -0.3 is 14.5 Å². The van der Waals surface area contributed by atoms with Crippen LogP contribution in [0.4, 0.5) is 4.79 Å². The molecule has 0 aliphatic carbocycles. The lowest BCUT2D eigenvalue weighted by Gasteiger charge is -2.22. The first-order chi connectivity index (χ1) is 12.6. The highest BCUT2D eigenvalue weighted by Gasteiger charge is 2.23. The number of ether oxygens (including phenoxy) is 1. The fourth-order valence-corrected chi connectivity index (χ4v) is 3.00. The second-order valence-corrected chi connectivity index (χ2v) is 6.56. The first-order valence-electron chi connectivity index (χ1n) is 8.97. The van der Waals surface area contributed by atoms with Gasteiger partial charge in [0.2, 0.25) is 5.91 Å². The smallest absolute Gasteiger partial charge is 0.410 e. The van der Waals surface area contributed by atoms with Crippen LogP contribution in [0.3, 0.4) is 0 Å². The summed E-state index contributed by atoms with van der Waals surface area (Å²) in [6.07, 6.45) is 0.794. The van der Waals surface area contributed by atoms with Gasteiger partial charge in [-0.25, -0.2) is 4.79 Å². The Morgan fingerprint density at radius 3 is 2.27 bits per heavy atom. The van der Waals surface area contributed by atoms with E-state index in [2.05, 4.69) is 0 Å². The van der Waals surface area contributed by atoms with Crippen LogP contribution in [-0.2, 0) is 11.2 Å². The van der Waals surface area contributed by atoms with Gasteiger partial charge in [-0.15, -0.1) is 0 Å². The van der Waals surface area contributed by atoms with Crippen LogP contribution in [0.5, 0.6) is 5.75 Å². The highest BCUT2D eigenvalue weighted by molar-refractivity contribution is 5.79. The summed E-state index contributed by atoms with van der Waals surface area (Å²) in [4.78, 5) is 28.4. The van der Waals surface area contributed by atoms with Crippen molar-refractivity contribution in [1.29, 1.82) is 0 Å². The van der Waals surface area contributed by atoms with E-state index in [1.165, 1.54) is 5.56 Å². The number of carbonyl (C=O) groups is 2. The molecule has 0 atom stereocenters. The fraction of sp³-hybridized carbons (Fsp3) is 0.333. The minimum absolute atomic E-state index is 0.104. The van der Waals surface area contributed by atoms with Gasteiger partial charge in [-0.2, -0.15) is 0 Å². The van der Waals surface area contributed by atoms with E-state index >= 15 is 0 Å². The number of aryl methyl sites for hydroxylation is 1. The van der Waals surface area contributed by atoms with Crippen LogP contribution in [0.25, 0.3) is 0 Å². The lowest BCUT2D eigenvalue weighted by molar-refractivity contribution is -0.130. The molecule has 2 amide bonds. The third kappa shape index (κ3) is 4.85. The molecule has 2 aromatic rings. The number of rotatable bonds is 3. The second-order valence-electron chi connectivity index (χ2n) is 6.56. The molecule has 1 fully saturated rings. The molecule has 0 bridgehead atoms. The highest BCUT2D eigenvalue weighted by Crippen LogP contribution is 2.13. The largest absolute Gasteiger partial charge is 0.415 e. The standard InChI is InChI=1S/C21H24N2O3/c1-17-8-10-18(11-9-17)16-20(24)22-12-5-13-23(15-14-22)21(25)26-19-6-3-2-4-7-19/h2-4,6-11H,5,12-16H2,1H3. The number of para-hydroxylation sites is 1. The molecule has 136 valence electrons. The lowest BCUT2D eigenvalue weighted by Crippen LogP contribution is -2.39.